The van der Waals surface area contributed by atoms with Crippen LogP contribution in [0.4, 0.5) is 10.1 Å². The molecule has 0 N–H and O–H groups in total. The Hall–Kier alpha value is -1.54. The molecular weight excluding hydrogens is 299 g/mol. The minimum absolute atomic E-state index is 0.158. The molecule has 0 aliphatic rings. The minimum Gasteiger partial charge on any atom is -0.258 e. The highest BCUT2D eigenvalue weighted by molar-refractivity contribution is 7.89. The van der Waals surface area contributed by atoms with Crippen LogP contribution < -0.4 is 0 Å². The standard InChI is InChI=1S/C13H19FN2O4S/c1-6-9(3)15(5)21(19,20)13-8(2)7-11(14)12(10(13)4)16(17)18/h7,9H,6H2,1-5H3. The van der Waals surface area contributed by atoms with Gasteiger partial charge in [-0.1, -0.05) is 6.92 Å². The predicted molar refractivity (Wildman–Crippen MR) is 77.2 cm³/mol. The van der Waals surface area contributed by atoms with Crippen LogP contribution in [-0.2, 0) is 10.0 Å². The smallest absolute Gasteiger partial charge is 0.258 e. The second-order valence-electron chi connectivity index (χ2n) is 5.01. The summed E-state index contributed by atoms with van der Waals surface area (Å²) in [7, 11) is -2.51. The quantitative estimate of drug-likeness (QED) is 0.617. The molecule has 1 rings (SSSR count). The first-order valence-electron chi connectivity index (χ1n) is 6.47. The highest BCUT2D eigenvalue weighted by Crippen LogP contribution is 2.33. The molecule has 1 atom stereocenters. The van der Waals surface area contributed by atoms with Crippen LogP contribution in [0.1, 0.15) is 31.4 Å². The Bertz CT molecular complexity index is 673. The first kappa shape index (κ1) is 17.5. The van der Waals surface area contributed by atoms with Crippen molar-refractivity contribution in [1.82, 2.24) is 4.31 Å². The number of nitrogens with zero attached hydrogens (tertiary/aromatic N) is 2. The summed E-state index contributed by atoms with van der Waals surface area (Å²) in [5, 5.41) is 11.0. The first-order valence-corrected chi connectivity index (χ1v) is 7.91. The zero-order valence-electron chi connectivity index (χ0n) is 12.7. The fourth-order valence-corrected chi connectivity index (χ4v) is 4.03. The van der Waals surface area contributed by atoms with Crippen molar-refractivity contribution in [2.24, 2.45) is 0 Å². The van der Waals surface area contributed by atoms with Gasteiger partial charge in [-0.05, 0) is 38.8 Å². The van der Waals surface area contributed by atoms with Crippen molar-refractivity contribution in [3.63, 3.8) is 0 Å². The summed E-state index contributed by atoms with van der Waals surface area (Å²) in [5.74, 6) is -1.03. The van der Waals surface area contributed by atoms with Gasteiger partial charge >= 0.3 is 5.69 Å². The number of aryl methyl sites for hydroxylation is 1. The van der Waals surface area contributed by atoms with E-state index in [9.17, 15) is 22.9 Å². The lowest BCUT2D eigenvalue weighted by Crippen LogP contribution is -2.35. The van der Waals surface area contributed by atoms with Crippen LogP contribution in [0.15, 0.2) is 11.0 Å². The van der Waals surface area contributed by atoms with E-state index in [1.807, 2.05) is 6.92 Å². The van der Waals surface area contributed by atoms with Crippen LogP contribution in [0.25, 0.3) is 0 Å². The van der Waals surface area contributed by atoms with E-state index in [0.717, 1.165) is 10.4 Å². The van der Waals surface area contributed by atoms with Crippen LogP contribution in [0.3, 0.4) is 0 Å². The molecule has 0 heterocycles. The van der Waals surface area contributed by atoms with Crippen LogP contribution in [0, 0.1) is 29.8 Å². The molecule has 0 aromatic heterocycles. The van der Waals surface area contributed by atoms with E-state index in [1.54, 1.807) is 6.92 Å². The van der Waals surface area contributed by atoms with Gasteiger partial charge < -0.3 is 0 Å². The summed E-state index contributed by atoms with van der Waals surface area (Å²) >= 11 is 0. The molecule has 1 aromatic rings. The van der Waals surface area contributed by atoms with E-state index in [-0.39, 0.29) is 22.1 Å². The van der Waals surface area contributed by atoms with Gasteiger partial charge in [0, 0.05) is 13.1 Å². The van der Waals surface area contributed by atoms with E-state index >= 15 is 0 Å². The molecule has 21 heavy (non-hydrogen) atoms. The van der Waals surface area contributed by atoms with Gasteiger partial charge in [-0.2, -0.15) is 8.70 Å². The fraction of sp³-hybridized carbons (Fsp3) is 0.538. The number of halogens is 1. The van der Waals surface area contributed by atoms with Gasteiger partial charge in [-0.15, -0.1) is 0 Å². The van der Waals surface area contributed by atoms with Crippen molar-refractivity contribution >= 4 is 15.7 Å². The molecule has 0 saturated carbocycles. The number of rotatable bonds is 5. The lowest BCUT2D eigenvalue weighted by molar-refractivity contribution is -0.388. The van der Waals surface area contributed by atoms with Crippen molar-refractivity contribution in [3.8, 4) is 0 Å². The third kappa shape index (κ3) is 3.06. The number of benzene rings is 1. The van der Waals surface area contributed by atoms with Crippen LogP contribution in [0.2, 0.25) is 0 Å². The van der Waals surface area contributed by atoms with Crippen LogP contribution in [0.5, 0.6) is 0 Å². The zero-order chi connectivity index (χ0) is 16.5. The largest absolute Gasteiger partial charge is 0.309 e. The Balaban J connectivity index is 3.65. The van der Waals surface area contributed by atoms with E-state index < -0.39 is 26.5 Å². The summed E-state index contributed by atoms with van der Waals surface area (Å²) in [6.07, 6.45) is 0.594. The Morgan fingerprint density at radius 1 is 1.43 bits per heavy atom. The summed E-state index contributed by atoms with van der Waals surface area (Å²) in [6, 6.07) is 0.626. The first-order chi connectivity index (χ1) is 9.55. The molecule has 0 saturated heterocycles. The van der Waals surface area contributed by atoms with E-state index in [0.29, 0.717) is 6.42 Å². The van der Waals surface area contributed by atoms with Crippen molar-refractivity contribution in [1.29, 1.82) is 0 Å². The molecule has 1 aromatic carbocycles. The summed E-state index contributed by atoms with van der Waals surface area (Å²) in [6.45, 7) is 6.26. The lowest BCUT2D eigenvalue weighted by atomic mass is 10.1. The van der Waals surface area contributed by atoms with Crippen molar-refractivity contribution in [2.75, 3.05) is 7.05 Å². The van der Waals surface area contributed by atoms with Gasteiger partial charge in [0.05, 0.1) is 15.4 Å². The third-order valence-corrected chi connectivity index (χ3v) is 5.92. The van der Waals surface area contributed by atoms with Gasteiger partial charge in [0.1, 0.15) is 0 Å². The predicted octanol–water partition coefficient (Wildman–Crippen LogP) is 2.77. The zero-order valence-corrected chi connectivity index (χ0v) is 13.5. The summed E-state index contributed by atoms with van der Waals surface area (Å²) in [4.78, 5) is 9.86. The summed E-state index contributed by atoms with van der Waals surface area (Å²) in [5.41, 5.74) is -0.810. The van der Waals surface area contributed by atoms with Gasteiger partial charge in [-0.25, -0.2) is 8.42 Å². The molecule has 0 amide bonds. The average molecular weight is 318 g/mol. The van der Waals surface area contributed by atoms with Crippen molar-refractivity contribution < 1.29 is 17.7 Å². The molecule has 8 heteroatoms. The molecule has 118 valence electrons. The second kappa shape index (κ2) is 6.07. The number of sulfonamides is 1. The lowest BCUT2D eigenvalue weighted by Gasteiger charge is -2.25. The maximum absolute atomic E-state index is 13.7. The van der Waals surface area contributed by atoms with Gasteiger partial charge in [-0.3, -0.25) is 10.1 Å². The minimum atomic E-state index is -3.92. The maximum atomic E-state index is 13.7. The van der Waals surface area contributed by atoms with E-state index in [1.165, 1.54) is 20.9 Å². The molecule has 0 aliphatic heterocycles. The molecule has 1 unspecified atom stereocenters. The Labute approximate surface area is 123 Å². The Morgan fingerprint density at radius 3 is 2.38 bits per heavy atom. The molecule has 6 nitrogen and oxygen atoms in total. The fourth-order valence-electron chi connectivity index (χ4n) is 2.17. The van der Waals surface area contributed by atoms with Gasteiger partial charge in [0.15, 0.2) is 0 Å². The molecule has 0 radical (unpaired) electrons. The molecule has 0 bridgehead atoms. The van der Waals surface area contributed by atoms with E-state index in [4.69, 9.17) is 0 Å². The van der Waals surface area contributed by atoms with Gasteiger partial charge in [0.25, 0.3) is 0 Å². The van der Waals surface area contributed by atoms with Crippen molar-refractivity contribution in [2.45, 2.75) is 45.1 Å². The number of hydrogen-bond donors (Lipinski definition) is 0. The van der Waals surface area contributed by atoms with Crippen LogP contribution in [-0.4, -0.2) is 30.7 Å². The maximum Gasteiger partial charge on any atom is 0.309 e. The van der Waals surface area contributed by atoms with Crippen molar-refractivity contribution in [3.05, 3.63) is 33.1 Å². The molecular formula is C13H19FN2O4S. The Morgan fingerprint density at radius 2 is 1.95 bits per heavy atom. The second-order valence-corrected chi connectivity index (χ2v) is 6.95. The number of nitro benzene ring substituents is 1. The third-order valence-electron chi connectivity index (χ3n) is 3.65. The topological polar surface area (TPSA) is 80.5 Å². The van der Waals surface area contributed by atoms with Crippen LogP contribution >= 0.6 is 0 Å². The number of nitro groups is 1. The van der Waals surface area contributed by atoms with Gasteiger partial charge in [0.2, 0.25) is 15.8 Å². The summed E-state index contributed by atoms with van der Waals surface area (Å²) < 4.78 is 40.1. The molecule has 0 aliphatic carbocycles. The number of hydrogen-bond acceptors (Lipinski definition) is 4. The highest BCUT2D eigenvalue weighted by Gasteiger charge is 2.33. The Kier molecular flexibility index (Phi) is 5.06. The average Bonchev–Trinajstić information content (AvgIpc) is 2.35. The SMILES string of the molecule is CCC(C)N(C)S(=O)(=O)c1c(C)cc(F)c([N+](=O)[O-])c1C. The van der Waals surface area contributed by atoms with E-state index in [2.05, 4.69) is 0 Å². The molecule has 0 fully saturated rings. The normalized spacial score (nSPS) is 13.5. The molecule has 0 spiro atoms. The monoisotopic (exact) mass is 318 g/mol. The highest BCUT2D eigenvalue weighted by atomic mass is 32.2.